The first kappa shape index (κ1) is 24.8. The molecule has 2 heterocycles. The zero-order chi connectivity index (χ0) is 24.8. The number of amides is 3. The molecular weight excluding hydrogens is 430 g/mol. The Bertz CT molecular complexity index is 1100. The molecule has 178 valence electrons. The van der Waals surface area contributed by atoms with Crippen molar-refractivity contribution in [3.05, 3.63) is 72.6 Å². The second kappa shape index (κ2) is 10.9. The van der Waals surface area contributed by atoms with Gasteiger partial charge in [0.25, 0.3) is 5.91 Å². The summed E-state index contributed by atoms with van der Waals surface area (Å²) in [5.74, 6) is -2.69. The zero-order valence-corrected chi connectivity index (χ0v) is 19.8. The van der Waals surface area contributed by atoms with Gasteiger partial charge in [0.1, 0.15) is 0 Å². The van der Waals surface area contributed by atoms with Gasteiger partial charge >= 0.3 is 0 Å². The molecule has 1 aromatic carbocycles. The average molecular weight is 462 g/mol. The smallest absolute Gasteiger partial charge is 0.272 e. The van der Waals surface area contributed by atoms with Gasteiger partial charge in [-0.1, -0.05) is 38.1 Å². The summed E-state index contributed by atoms with van der Waals surface area (Å²) in [6, 6.07) is 11.0. The number of aliphatic imine (C=N–C) groups is 1. The van der Waals surface area contributed by atoms with E-state index in [2.05, 4.69) is 16.9 Å². The summed E-state index contributed by atoms with van der Waals surface area (Å²) in [5.41, 5.74) is 8.41. The van der Waals surface area contributed by atoms with Crippen molar-refractivity contribution in [3.8, 4) is 0 Å². The zero-order valence-electron chi connectivity index (χ0n) is 19.8. The third-order valence-electron chi connectivity index (χ3n) is 5.91. The molecule has 3 N–H and O–H groups in total. The number of carbonyl (C=O) groups excluding carboxylic acids is 3. The Morgan fingerprint density at radius 3 is 2.47 bits per heavy atom. The standard InChI is InChI=1S/C26H31N5O3/c1-5-8-18(23(27)32)20(15-16(2)3)25(33)30-24-26(34)31(4)21-10-7-6-9-19(21)22(29-24)17-11-13-28-14-12-17/h5-7,9-14,16,18,20,24H,1,8,15H2,2-4H3,(H2,27,32)(H,30,33). The lowest BCUT2D eigenvalue weighted by atomic mass is 9.82. The number of likely N-dealkylation sites (N-methyl/N-ethyl adjacent to an activating group) is 1. The molecule has 0 saturated carbocycles. The Balaban J connectivity index is 2.03. The molecule has 0 saturated heterocycles. The SMILES string of the molecule is C=CCC(C(N)=O)C(CC(C)C)C(=O)NC1N=C(c2ccncc2)c2ccccc2N(C)C1=O. The van der Waals surface area contributed by atoms with Crippen LogP contribution in [-0.2, 0) is 14.4 Å². The molecule has 8 nitrogen and oxygen atoms in total. The predicted molar refractivity (Wildman–Crippen MR) is 132 cm³/mol. The van der Waals surface area contributed by atoms with Crippen LogP contribution in [0.4, 0.5) is 5.69 Å². The molecule has 0 aliphatic carbocycles. The van der Waals surface area contributed by atoms with Crippen molar-refractivity contribution >= 4 is 29.1 Å². The van der Waals surface area contributed by atoms with Crippen molar-refractivity contribution in [2.24, 2.45) is 28.5 Å². The Kier molecular flexibility index (Phi) is 7.94. The molecule has 3 atom stereocenters. The van der Waals surface area contributed by atoms with Crippen molar-refractivity contribution in [1.82, 2.24) is 10.3 Å². The number of hydrogen-bond acceptors (Lipinski definition) is 5. The maximum atomic E-state index is 13.4. The van der Waals surface area contributed by atoms with E-state index in [0.717, 1.165) is 11.1 Å². The molecule has 0 bridgehead atoms. The van der Waals surface area contributed by atoms with Gasteiger partial charge in [-0.2, -0.15) is 0 Å². The molecule has 1 aromatic heterocycles. The van der Waals surface area contributed by atoms with E-state index < -0.39 is 29.8 Å². The maximum absolute atomic E-state index is 13.4. The summed E-state index contributed by atoms with van der Waals surface area (Å²) in [7, 11) is 1.65. The van der Waals surface area contributed by atoms with E-state index in [4.69, 9.17) is 10.7 Å². The van der Waals surface area contributed by atoms with Crippen molar-refractivity contribution in [1.29, 1.82) is 0 Å². The van der Waals surface area contributed by atoms with Gasteiger partial charge < -0.3 is 16.0 Å². The van der Waals surface area contributed by atoms with E-state index in [1.54, 1.807) is 37.7 Å². The van der Waals surface area contributed by atoms with Crippen molar-refractivity contribution in [3.63, 3.8) is 0 Å². The number of nitrogens with one attached hydrogen (secondary N) is 1. The Morgan fingerprint density at radius 2 is 1.85 bits per heavy atom. The molecule has 34 heavy (non-hydrogen) atoms. The van der Waals surface area contributed by atoms with Gasteiger partial charge in [-0.15, -0.1) is 6.58 Å². The minimum absolute atomic E-state index is 0.134. The summed E-state index contributed by atoms with van der Waals surface area (Å²) in [6.07, 6.45) is 4.42. The molecule has 8 heteroatoms. The van der Waals surface area contributed by atoms with Crippen LogP contribution in [0.3, 0.4) is 0 Å². The highest BCUT2D eigenvalue weighted by atomic mass is 16.2. The van der Waals surface area contributed by atoms with E-state index in [-0.39, 0.29) is 18.2 Å². The number of para-hydroxylation sites is 1. The highest BCUT2D eigenvalue weighted by Gasteiger charge is 2.36. The number of pyridine rings is 1. The van der Waals surface area contributed by atoms with Gasteiger partial charge in [-0.25, -0.2) is 4.99 Å². The average Bonchev–Trinajstić information content (AvgIpc) is 2.92. The summed E-state index contributed by atoms with van der Waals surface area (Å²) >= 11 is 0. The molecule has 1 aliphatic rings. The van der Waals surface area contributed by atoms with E-state index in [1.807, 2.05) is 38.1 Å². The first-order valence-corrected chi connectivity index (χ1v) is 11.3. The molecule has 3 amide bonds. The number of rotatable bonds is 9. The van der Waals surface area contributed by atoms with Crippen LogP contribution in [0.1, 0.15) is 37.8 Å². The molecule has 3 rings (SSSR count). The first-order chi connectivity index (χ1) is 16.2. The third kappa shape index (κ3) is 5.39. The summed E-state index contributed by atoms with van der Waals surface area (Å²) in [4.78, 5) is 49.2. The normalized spacial score (nSPS) is 17.3. The Labute approximate surface area is 200 Å². The number of fused-ring (bicyclic) bond motifs is 1. The maximum Gasteiger partial charge on any atom is 0.272 e. The highest BCUT2D eigenvalue weighted by molar-refractivity contribution is 6.20. The van der Waals surface area contributed by atoms with E-state index in [9.17, 15) is 14.4 Å². The molecule has 3 unspecified atom stereocenters. The molecule has 0 radical (unpaired) electrons. The first-order valence-electron chi connectivity index (χ1n) is 11.3. The molecule has 2 aromatic rings. The monoisotopic (exact) mass is 461 g/mol. The number of primary amides is 1. The number of carbonyl (C=O) groups is 3. The fraction of sp³-hybridized carbons (Fsp3) is 0.346. The van der Waals surface area contributed by atoms with Gasteiger partial charge in [-0.3, -0.25) is 19.4 Å². The lowest BCUT2D eigenvalue weighted by Gasteiger charge is -2.27. The van der Waals surface area contributed by atoms with Crippen LogP contribution in [0.15, 0.2) is 66.4 Å². The second-order valence-corrected chi connectivity index (χ2v) is 8.81. The van der Waals surface area contributed by atoms with Gasteiger partial charge in [0, 0.05) is 30.6 Å². The summed E-state index contributed by atoms with van der Waals surface area (Å²) < 4.78 is 0. The fourth-order valence-electron chi connectivity index (χ4n) is 4.22. The number of nitrogens with two attached hydrogens (primary N) is 1. The number of anilines is 1. The van der Waals surface area contributed by atoms with Gasteiger partial charge in [0.05, 0.1) is 23.2 Å². The van der Waals surface area contributed by atoms with Gasteiger partial charge in [0.15, 0.2) is 0 Å². The Morgan fingerprint density at radius 1 is 1.18 bits per heavy atom. The van der Waals surface area contributed by atoms with Crippen molar-refractivity contribution < 1.29 is 14.4 Å². The van der Waals surface area contributed by atoms with Crippen LogP contribution in [0, 0.1) is 17.8 Å². The number of nitrogens with zero attached hydrogens (tertiary/aromatic N) is 3. The van der Waals surface area contributed by atoms with Gasteiger partial charge in [-0.05, 0) is 37.0 Å². The Hall–Kier alpha value is -3.81. The quantitative estimate of drug-likeness (QED) is 0.558. The van der Waals surface area contributed by atoms with Crippen LogP contribution in [-0.4, -0.2) is 41.6 Å². The van der Waals surface area contributed by atoms with Crippen molar-refractivity contribution in [2.75, 3.05) is 11.9 Å². The number of benzene rings is 1. The van der Waals surface area contributed by atoms with Crippen molar-refractivity contribution in [2.45, 2.75) is 32.9 Å². The second-order valence-electron chi connectivity index (χ2n) is 8.81. The van der Waals surface area contributed by atoms with Crippen LogP contribution in [0.25, 0.3) is 0 Å². The molecule has 0 fully saturated rings. The van der Waals surface area contributed by atoms with Crippen LogP contribution < -0.4 is 16.0 Å². The summed E-state index contributed by atoms with van der Waals surface area (Å²) in [5, 5.41) is 2.80. The lowest BCUT2D eigenvalue weighted by molar-refractivity contribution is -0.135. The third-order valence-corrected chi connectivity index (χ3v) is 5.91. The summed E-state index contributed by atoms with van der Waals surface area (Å²) in [6.45, 7) is 7.62. The van der Waals surface area contributed by atoms with E-state index in [0.29, 0.717) is 17.8 Å². The fourth-order valence-corrected chi connectivity index (χ4v) is 4.22. The largest absolute Gasteiger partial charge is 0.369 e. The van der Waals surface area contributed by atoms with Crippen LogP contribution in [0.5, 0.6) is 0 Å². The van der Waals surface area contributed by atoms with E-state index >= 15 is 0 Å². The lowest BCUT2D eigenvalue weighted by Crippen LogP contribution is -2.50. The van der Waals surface area contributed by atoms with Crippen LogP contribution in [0.2, 0.25) is 0 Å². The number of allylic oxidation sites excluding steroid dienone is 1. The topological polar surface area (TPSA) is 118 Å². The number of benzodiazepines with no additional fused rings is 1. The molecular formula is C26H31N5O3. The molecule has 0 spiro atoms. The highest BCUT2D eigenvalue weighted by Crippen LogP contribution is 2.28. The molecule has 1 aliphatic heterocycles. The van der Waals surface area contributed by atoms with E-state index in [1.165, 1.54) is 4.90 Å². The minimum Gasteiger partial charge on any atom is -0.369 e. The minimum atomic E-state index is -1.17. The number of hydrogen-bond donors (Lipinski definition) is 2. The number of aromatic nitrogens is 1. The predicted octanol–water partition coefficient (Wildman–Crippen LogP) is 2.68. The van der Waals surface area contributed by atoms with Gasteiger partial charge in [0.2, 0.25) is 18.0 Å². The van der Waals surface area contributed by atoms with Crippen LogP contribution >= 0.6 is 0 Å².